The van der Waals surface area contributed by atoms with E-state index < -0.39 is 10.3 Å². The molecule has 0 fully saturated rings. The first-order valence-corrected chi connectivity index (χ1v) is 8.98. The lowest BCUT2D eigenvalue weighted by atomic mass is 10.1. The van der Waals surface area contributed by atoms with E-state index in [0.717, 1.165) is 11.3 Å². The van der Waals surface area contributed by atoms with Gasteiger partial charge in [0.1, 0.15) is 0 Å². The van der Waals surface area contributed by atoms with Crippen molar-refractivity contribution in [2.75, 3.05) is 12.0 Å². The largest absolute Gasteiger partial charge is 0.332 e. The van der Waals surface area contributed by atoms with Gasteiger partial charge in [0.05, 0.1) is 6.61 Å². The fourth-order valence-electron chi connectivity index (χ4n) is 1.78. The van der Waals surface area contributed by atoms with Crippen molar-refractivity contribution in [3.8, 4) is 0 Å². The SMILES string of the molecule is C=C(C)c1ccc(COS(C)(CC)C(C)(C)C)cc1. The van der Waals surface area contributed by atoms with Crippen LogP contribution in [0.3, 0.4) is 0 Å². The number of allylic oxidation sites excluding steroid dienone is 1. The molecule has 0 radical (unpaired) electrons. The average molecular weight is 280 g/mol. The van der Waals surface area contributed by atoms with E-state index in [1.807, 2.05) is 6.92 Å². The molecule has 0 spiro atoms. The average Bonchev–Trinajstić information content (AvgIpc) is 2.35. The number of rotatable bonds is 5. The predicted molar refractivity (Wildman–Crippen MR) is 89.7 cm³/mol. The first kappa shape index (κ1) is 16.3. The van der Waals surface area contributed by atoms with E-state index >= 15 is 0 Å². The molecule has 1 aromatic rings. The standard InChI is InChI=1S/C17H28OS/c1-8-19(7,17(4,5)6)18-13-15-9-11-16(12-10-15)14(2)3/h9-12H,2,8,13H2,1,3-7H3. The van der Waals surface area contributed by atoms with Gasteiger partial charge in [0.25, 0.3) is 0 Å². The van der Waals surface area contributed by atoms with E-state index in [1.54, 1.807) is 0 Å². The molecule has 0 bridgehead atoms. The third-order valence-corrected chi connectivity index (χ3v) is 8.11. The third-order valence-electron chi connectivity index (χ3n) is 3.78. The third kappa shape index (κ3) is 4.12. The van der Waals surface area contributed by atoms with E-state index in [2.05, 4.69) is 64.8 Å². The Morgan fingerprint density at radius 2 is 1.74 bits per heavy atom. The van der Waals surface area contributed by atoms with Crippen molar-refractivity contribution < 1.29 is 4.18 Å². The van der Waals surface area contributed by atoms with Crippen LogP contribution in [0.2, 0.25) is 0 Å². The Balaban J connectivity index is 2.73. The molecule has 0 amide bonds. The quantitative estimate of drug-likeness (QED) is 0.701. The van der Waals surface area contributed by atoms with Gasteiger partial charge in [-0.25, -0.2) is 0 Å². The van der Waals surface area contributed by atoms with Crippen LogP contribution in [0.1, 0.15) is 45.7 Å². The Labute approximate surface area is 120 Å². The van der Waals surface area contributed by atoms with Gasteiger partial charge in [-0.05, 0) is 30.1 Å². The van der Waals surface area contributed by atoms with E-state index in [-0.39, 0.29) is 4.75 Å². The zero-order valence-electron chi connectivity index (χ0n) is 13.2. The minimum Gasteiger partial charge on any atom is -0.332 e. The van der Waals surface area contributed by atoms with Gasteiger partial charge >= 0.3 is 0 Å². The highest BCUT2D eigenvalue weighted by molar-refractivity contribution is 8.30. The summed E-state index contributed by atoms with van der Waals surface area (Å²) in [5, 5.41) is 0. The minimum atomic E-state index is -1.04. The maximum absolute atomic E-state index is 6.29. The molecule has 0 saturated heterocycles. The monoisotopic (exact) mass is 280 g/mol. The maximum Gasteiger partial charge on any atom is 0.0843 e. The Morgan fingerprint density at radius 1 is 1.21 bits per heavy atom. The molecule has 0 N–H and O–H groups in total. The summed E-state index contributed by atoms with van der Waals surface area (Å²) < 4.78 is 6.51. The van der Waals surface area contributed by atoms with Gasteiger partial charge in [0, 0.05) is 4.75 Å². The molecule has 0 heterocycles. The topological polar surface area (TPSA) is 9.23 Å². The molecule has 1 nitrogen and oxygen atoms in total. The first-order valence-electron chi connectivity index (χ1n) is 6.84. The van der Waals surface area contributed by atoms with Crippen LogP contribution in [0.5, 0.6) is 0 Å². The zero-order chi connectivity index (χ0) is 14.7. The molecule has 0 saturated carbocycles. The van der Waals surface area contributed by atoms with Crippen molar-refractivity contribution >= 4 is 15.9 Å². The molecule has 0 aliphatic heterocycles. The Kier molecular flexibility index (Phi) is 5.28. The molecule has 2 heteroatoms. The van der Waals surface area contributed by atoms with Crippen molar-refractivity contribution in [3.63, 3.8) is 0 Å². The lowest BCUT2D eigenvalue weighted by Crippen LogP contribution is -2.27. The normalized spacial score (nSPS) is 16.7. The first-order chi connectivity index (χ1) is 8.69. The lowest BCUT2D eigenvalue weighted by molar-refractivity contribution is 0.336. The zero-order valence-corrected chi connectivity index (χ0v) is 14.1. The van der Waals surface area contributed by atoms with Crippen molar-refractivity contribution in [2.24, 2.45) is 0 Å². The van der Waals surface area contributed by atoms with Crippen molar-refractivity contribution in [1.82, 2.24) is 0 Å². The lowest BCUT2D eigenvalue weighted by Gasteiger charge is -2.46. The highest BCUT2D eigenvalue weighted by Gasteiger charge is 2.31. The molecule has 0 aromatic heterocycles. The molecule has 0 aliphatic rings. The van der Waals surface area contributed by atoms with Crippen LogP contribution in [0.4, 0.5) is 0 Å². The molecule has 1 aromatic carbocycles. The van der Waals surface area contributed by atoms with Crippen LogP contribution in [0.25, 0.3) is 5.57 Å². The summed E-state index contributed by atoms with van der Waals surface area (Å²) in [7, 11) is -1.04. The minimum absolute atomic E-state index is 0.222. The Hall–Kier alpha value is -0.730. The molecular weight excluding hydrogens is 252 g/mol. The molecule has 0 aliphatic carbocycles. The van der Waals surface area contributed by atoms with Gasteiger partial charge in [-0.2, -0.15) is 0 Å². The number of hydrogen-bond donors (Lipinski definition) is 0. The molecule has 1 unspecified atom stereocenters. The van der Waals surface area contributed by atoms with Crippen LogP contribution in [0, 0.1) is 0 Å². The van der Waals surface area contributed by atoms with Gasteiger partial charge < -0.3 is 4.18 Å². The van der Waals surface area contributed by atoms with Gasteiger partial charge in [-0.15, -0.1) is 10.3 Å². The summed E-state index contributed by atoms with van der Waals surface area (Å²) in [5.41, 5.74) is 3.54. The van der Waals surface area contributed by atoms with Crippen molar-refractivity contribution in [2.45, 2.75) is 46.0 Å². The van der Waals surface area contributed by atoms with E-state index in [4.69, 9.17) is 4.18 Å². The summed E-state index contributed by atoms with van der Waals surface area (Å²) in [6, 6.07) is 8.53. The smallest absolute Gasteiger partial charge is 0.0843 e. The van der Waals surface area contributed by atoms with Gasteiger partial charge in [-0.1, -0.05) is 64.1 Å². The Morgan fingerprint density at radius 3 is 2.11 bits per heavy atom. The number of benzene rings is 1. The van der Waals surface area contributed by atoms with Gasteiger partial charge in [0.15, 0.2) is 0 Å². The predicted octanol–water partition coefficient (Wildman–Crippen LogP) is 5.40. The van der Waals surface area contributed by atoms with E-state index in [9.17, 15) is 0 Å². The maximum atomic E-state index is 6.29. The molecular formula is C17H28OS. The second-order valence-electron chi connectivity index (χ2n) is 6.15. The summed E-state index contributed by atoms with van der Waals surface area (Å²) in [6.07, 6.45) is 2.29. The second kappa shape index (κ2) is 6.15. The highest BCUT2D eigenvalue weighted by atomic mass is 32.3. The van der Waals surface area contributed by atoms with Crippen molar-refractivity contribution in [1.29, 1.82) is 0 Å². The second-order valence-corrected chi connectivity index (χ2v) is 10.2. The van der Waals surface area contributed by atoms with Crippen LogP contribution in [0.15, 0.2) is 30.8 Å². The van der Waals surface area contributed by atoms with Gasteiger partial charge in [0.2, 0.25) is 0 Å². The molecule has 1 rings (SSSR count). The highest BCUT2D eigenvalue weighted by Crippen LogP contribution is 2.57. The fraction of sp³-hybridized carbons (Fsp3) is 0.529. The van der Waals surface area contributed by atoms with Crippen molar-refractivity contribution in [3.05, 3.63) is 42.0 Å². The molecule has 19 heavy (non-hydrogen) atoms. The van der Waals surface area contributed by atoms with Crippen LogP contribution >= 0.6 is 10.3 Å². The van der Waals surface area contributed by atoms with Crippen LogP contribution in [-0.2, 0) is 10.8 Å². The van der Waals surface area contributed by atoms with Crippen LogP contribution in [-0.4, -0.2) is 16.8 Å². The summed E-state index contributed by atoms with van der Waals surface area (Å²) in [5.74, 6) is 1.10. The summed E-state index contributed by atoms with van der Waals surface area (Å²) >= 11 is 0. The number of hydrogen-bond acceptors (Lipinski definition) is 1. The van der Waals surface area contributed by atoms with Gasteiger partial charge in [-0.3, -0.25) is 0 Å². The van der Waals surface area contributed by atoms with Crippen LogP contribution < -0.4 is 0 Å². The molecule has 108 valence electrons. The van der Waals surface area contributed by atoms with E-state index in [0.29, 0.717) is 6.61 Å². The summed E-state index contributed by atoms with van der Waals surface area (Å²) in [4.78, 5) is 0. The fourth-order valence-corrected chi connectivity index (χ4v) is 3.56. The summed E-state index contributed by atoms with van der Waals surface area (Å²) in [6.45, 7) is 15.7. The molecule has 1 atom stereocenters. The van der Waals surface area contributed by atoms with E-state index in [1.165, 1.54) is 11.1 Å². The Bertz CT molecular complexity index is 428.